The lowest BCUT2D eigenvalue weighted by Crippen LogP contribution is -2.07. The third-order valence-corrected chi connectivity index (χ3v) is 3.51. The molecule has 0 unspecified atom stereocenters. The van der Waals surface area contributed by atoms with E-state index in [9.17, 15) is 13.6 Å². The van der Waals surface area contributed by atoms with Crippen molar-refractivity contribution >= 4 is 34.3 Å². The van der Waals surface area contributed by atoms with E-state index >= 15 is 0 Å². The molecule has 1 aromatic carbocycles. The van der Waals surface area contributed by atoms with Crippen molar-refractivity contribution in [3.63, 3.8) is 0 Å². The number of thiazole rings is 1. The van der Waals surface area contributed by atoms with Gasteiger partial charge in [-0.2, -0.15) is 5.10 Å². The van der Waals surface area contributed by atoms with E-state index in [1.807, 2.05) is 0 Å². The number of halogens is 2. The molecule has 6 nitrogen and oxygen atoms in total. The Labute approximate surface area is 135 Å². The molecule has 3 N–H and O–H groups in total. The third kappa shape index (κ3) is 4.46. The van der Waals surface area contributed by atoms with Crippen molar-refractivity contribution in [2.75, 3.05) is 17.8 Å². The second-order valence-electron chi connectivity index (χ2n) is 4.36. The van der Waals surface area contributed by atoms with Crippen molar-refractivity contribution in [3.05, 3.63) is 40.4 Å². The summed E-state index contributed by atoms with van der Waals surface area (Å²) in [5, 5.41) is 6.00. The van der Waals surface area contributed by atoms with Gasteiger partial charge in [0.05, 0.1) is 30.6 Å². The zero-order valence-electron chi connectivity index (χ0n) is 12.2. The van der Waals surface area contributed by atoms with Crippen molar-refractivity contribution < 1.29 is 18.3 Å². The van der Waals surface area contributed by atoms with Crippen molar-refractivity contribution in [1.82, 2.24) is 4.98 Å². The van der Waals surface area contributed by atoms with Crippen molar-refractivity contribution in [3.8, 4) is 0 Å². The van der Waals surface area contributed by atoms with Crippen LogP contribution in [0.3, 0.4) is 0 Å². The molecule has 23 heavy (non-hydrogen) atoms. The maximum atomic E-state index is 13.3. The molecule has 0 fully saturated rings. The van der Waals surface area contributed by atoms with Crippen molar-refractivity contribution in [2.24, 2.45) is 5.10 Å². The molecule has 1 heterocycles. The van der Waals surface area contributed by atoms with E-state index in [-0.39, 0.29) is 23.6 Å². The highest BCUT2D eigenvalue weighted by molar-refractivity contribution is 7.13. The average molecular weight is 340 g/mol. The minimum Gasteiger partial charge on any atom is -0.466 e. The van der Waals surface area contributed by atoms with Gasteiger partial charge in [-0.25, -0.2) is 13.8 Å². The van der Waals surface area contributed by atoms with Gasteiger partial charge in [-0.3, -0.25) is 10.2 Å². The molecule has 0 bridgehead atoms. The van der Waals surface area contributed by atoms with Gasteiger partial charge < -0.3 is 10.5 Å². The lowest BCUT2D eigenvalue weighted by Gasteiger charge is -2.02. The minimum absolute atomic E-state index is 0.0753. The number of aromatic nitrogens is 1. The Morgan fingerprint density at radius 3 is 3.04 bits per heavy atom. The third-order valence-electron chi connectivity index (χ3n) is 2.71. The number of hydrogen-bond donors (Lipinski definition) is 2. The molecule has 0 amide bonds. The summed E-state index contributed by atoms with van der Waals surface area (Å²) in [6.45, 7) is 2.04. The summed E-state index contributed by atoms with van der Waals surface area (Å²) in [7, 11) is 0. The van der Waals surface area contributed by atoms with E-state index < -0.39 is 11.6 Å². The Kier molecular flexibility index (Phi) is 5.58. The molecule has 9 heteroatoms. The van der Waals surface area contributed by atoms with Gasteiger partial charge >= 0.3 is 5.97 Å². The van der Waals surface area contributed by atoms with Gasteiger partial charge in [-0.05, 0) is 19.1 Å². The molecule has 0 atom stereocenters. The molecular formula is C14H14F2N4O2S. The maximum Gasteiger partial charge on any atom is 0.311 e. The number of anilines is 2. The van der Waals surface area contributed by atoms with Crippen LogP contribution >= 0.6 is 11.3 Å². The normalized spacial score (nSPS) is 10.9. The van der Waals surface area contributed by atoms with Crippen LogP contribution in [0.15, 0.2) is 22.6 Å². The van der Waals surface area contributed by atoms with E-state index in [4.69, 9.17) is 10.5 Å². The summed E-state index contributed by atoms with van der Waals surface area (Å²) in [6.07, 6.45) is 1.33. The fourth-order valence-corrected chi connectivity index (χ4v) is 2.31. The van der Waals surface area contributed by atoms with Crippen LogP contribution in [0.2, 0.25) is 0 Å². The van der Waals surface area contributed by atoms with Gasteiger partial charge in [0.1, 0.15) is 0 Å². The standard InChI is InChI=1S/C14H14F2N4O2S/c1-2-22-11(21)5-9-7-23-14(19-9)20-18-6-8-3-4-10(15)12(16)13(8)17/h3-4,6-7H,2,5,17H2,1H3,(H,19,20). The Hall–Kier alpha value is -2.55. The zero-order chi connectivity index (χ0) is 16.8. The number of rotatable bonds is 6. The topological polar surface area (TPSA) is 89.6 Å². The van der Waals surface area contributed by atoms with Crippen LogP contribution in [0.5, 0.6) is 0 Å². The predicted octanol–water partition coefficient (Wildman–Crippen LogP) is 2.56. The number of benzene rings is 1. The van der Waals surface area contributed by atoms with E-state index in [1.54, 1.807) is 12.3 Å². The second kappa shape index (κ2) is 7.63. The fourth-order valence-electron chi connectivity index (χ4n) is 1.65. The number of carbonyl (C=O) groups is 1. The van der Waals surface area contributed by atoms with Gasteiger partial charge in [0.25, 0.3) is 0 Å². The van der Waals surface area contributed by atoms with E-state index in [2.05, 4.69) is 15.5 Å². The summed E-state index contributed by atoms with van der Waals surface area (Å²) in [5.74, 6) is -2.49. The maximum absolute atomic E-state index is 13.3. The minimum atomic E-state index is -1.11. The first-order valence-corrected chi connectivity index (χ1v) is 7.51. The molecule has 0 aliphatic rings. The molecule has 1 aromatic heterocycles. The van der Waals surface area contributed by atoms with Crippen LogP contribution in [0, 0.1) is 11.6 Å². The Bertz CT molecular complexity index is 734. The molecule has 0 aliphatic carbocycles. The Morgan fingerprint density at radius 2 is 2.30 bits per heavy atom. The molecule has 2 rings (SSSR count). The summed E-state index contributed by atoms with van der Waals surface area (Å²) < 4.78 is 31.1. The Morgan fingerprint density at radius 1 is 1.52 bits per heavy atom. The van der Waals surface area contributed by atoms with Crippen LogP contribution in [0.1, 0.15) is 18.2 Å². The highest BCUT2D eigenvalue weighted by Crippen LogP contribution is 2.18. The molecule has 0 saturated heterocycles. The van der Waals surface area contributed by atoms with Crippen molar-refractivity contribution in [2.45, 2.75) is 13.3 Å². The molecule has 2 aromatic rings. The highest BCUT2D eigenvalue weighted by Gasteiger charge is 2.09. The highest BCUT2D eigenvalue weighted by atomic mass is 32.1. The van der Waals surface area contributed by atoms with Gasteiger partial charge in [0, 0.05) is 10.9 Å². The number of carbonyl (C=O) groups excluding carboxylic acids is 1. The summed E-state index contributed by atoms with van der Waals surface area (Å²) in [6, 6.07) is 2.28. The lowest BCUT2D eigenvalue weighted by atomic mass is 10.2. The lowest BCUT2D eigenvalue weighted by molar-refractivity contribution is -0.142. The number of nitrogen functional groups attached to an aromatic ring is 1. The summed E-state index contributed by atoms with van der Waals surface area (Å²) in [4.78, 5) is 15.5. The van der Waals surface area contributed by atoms with Crippen LogP contribution in [0.25, 0.3) is 0 Å². The van der Waals surface area contributed by atoms with Crippen LogP contribution in [-0.2, 0) is 16.0 Å². The van der Waals surface area contributed by atoms with Crippen LogP contribution < -0.4 is 11.2 Å². The summed E-state index contributed by atoms with van der Waals surface area (Å²) >= 11 is 1.25. The van der Waals surface area contributed by atoms with Gasteiger partial charge in [-0.15, -0.1) is 11.3 Å². The monoisotopic (exact) mass is 340 g/mol. The predicted molar refractivity (Wildman–Crippen MR) is 84.4 cm³/mol. The van der Waals surface area contributed by atoms with E-state index in [0.717, 1.165) is 6.07 Å². The number of nitrogens with zero attached hydrogens (tertiary/aromatic N) is 2. The van der Waals surface area contributed by atoms with Gasteiger partial charge in [0.15, 0.2) is 11.6 Å². The van der Waals surface area contributed by atoms with E-state index in [0.29, 0.717) is 17.4 Å². The first kappa shape index (κ1) is 16.8. The summed E-state index contributed by atoms with van der Waals surface area (Å²) in [5.41, 5.74) is 8.55. The smallest absolute Gasteiger partial charge is 0.311 e. The van der Waals surface area contributed by atoms with Gasteiger partial charge in [0.2, 0.25) is 5.13 Å². The number of nitrogens with one attached hydrogen (secondary N) is 1. The number of esters is 1. The largest absolute Gasteiger partial charge is 0.466 e. The molecule has 0 saturated carbocycles. The fraction of sp³-hybridized carbons (Fsp3) is 0.214. The second-order valence-corrected chi connectivity index (χ2v) is 5.22. The van der Waals surface area contributed by atoms with Gasteiger partial charge in [-0.1, -0.05) is 0 Å². The zero-order valence-corrected chi connectivity index (χ0v) is 13.0. The number of ether oxygens (including phenoxy) is 1. The number of hydrogen-bond acceptors (Lipinski definition) is 7. The average Bonchev–Trinajstić information content (AvgIpc) is 2.95. The number of nitrogens with two attached hydrogens (primary N) is 1. The quantitative estimate of drug-likeness (QED) is 0.365. The molecular weight excluding hydrogens is 326 g/mol. The Balaban J connectivity index is 1.97. The molecule has 0 aliphatic heterocycles. The van der Waals surface area contributed by atoms with Crippen LogP contribution in [-0.4, -0.2) is 23.8 Å². The first-order valence-electron chi connectivity index (χ1n) is 6.63. The van der Waals surface area contributed by atoms with E-state index in [1.165, 1.54) is 23.6 Å². The van der Waals surface area contributed by atoms with Crippen LogP contribution in [0.4, 0.5) is 19.6 Å². The first-order chi connectivity index (χ1) is 11.0. The molecule has 0 spiro atoms. The number of hydrazone groups is 1. The molecule has 122 valence electrons. The SMILES string of the molecule is CCOC(=O)Cc1csc(NN=Cc2ccc(F)c(F)c2N)n1. The van der Waals surface area contributed by atoms with Crippen molar-refractivity contribution in [1.29, 1.82) is 0 Å². The molecule has 0 radical (unpaired) electrons.